The zero-order chi connectivity index (χ0) is 27.2. The van der Waals surface area contributed by atoms with Gasteiger partial charge in [-0.25, -0.2) is 0 Å². The van der Waals surface area contributed by atoms with E-state index in [-0.39, 0.29) is 18.7 Å². The van der Waals surface area contributed by atoms with Crippen LogP contribution in [0.15, 0.2) is 0 Å². The molecule has 0 aliphatic heterocycles. The molecule has 0 amide bonds. The van der Waals surface area contributed by atoms with Gasteiger partial charge in [0, 0.05) is 19.4 Å². The van der Waals surface area contributed by atoms with Crippen LogP contribution >= 0.6 is 0 Å². The summed E-state index contributed by atoms with van der Waals surface area (Å²) in [5, 5.41) is 9.08. The fourth-order valence-electron chi connectivity index (χ4n) is 4.94. The Morgan fingerprint density at radius 1 is 0.676 bits per heavy atom. The van der Waals surface area contributed by atoms with Gasteiger partial charge in [0.2, 0.25) is 0 Å². The molecule has 0 saturated carbocycles. The maximum Gasteiger partial charge on any atom is 0.306 e. The first kappa shape index (κ1) is 36.1. The molecule has 220 valence electrons. The van der Waals surface area contributed by atoms with Gasteiger partial charge in [-0.3, -0.25) is 4.79 Å². The molecule has 1 atom stereocenters. The second-order valence-corrected chi connectivity index (χ2v) is 11.0. The second-order valence-electron chi connectivity index (χ2n) is 11.0. The molecule has 0 aromatic rings. The zero-order valence-corrected chi connectivity index (χ0v) is 24.9. The number of carbonyl (C=O) groups is 2. The van der Waals surface area contributed by atoms with E-state index in [1.54, 1.807) is 0 Å². The van der Waals surface area contributed by atoms with Gasteiger partial charge in [-0.05, 0) is 83.8 Å². The summed E-state index contributed by atoms with van der Waals surface area (Å²) >= 11 is 0. The van der Waals surface area contributed by atoms with Crippen molar-refractivity contribution in [2.75, 3.05) is 26.2 Å². The van der Waals surface area contributed by atoms with Gasteiger partial charge >= 0.3 is 5.97 Å². The lowest BCUT2D eigenvalue weighted by molar-refractivity contribution is -0.150. The summed E-state index contributed by atoms with van der Waals surface area (Å²) in [6, 6.07) is 0. The smallest absolute Gasteiger partial charge is 0.306 e. The highest BCUT2D eigenvalue weighted by atomic mass is 16.5. The van der Waals surface area contributed by atoms with Gasteiger partial charge in [0.25, 0.3) is 0 Å². The van der Waals surface area contributed by atoms with Crippen molar-refractivity contribution in [3.63, 3.8) is 0 Å². The molecule has 37 heavy (non-hydrogen) atoms. The van der Waals surface area contributed by atoms with Crippen LogP contribution in [0.25, 0.3) is 0 Å². The van der Waals surface area contributed by atoms with Gasteiger partial charge in [0.05, 0.1) is 0 Å². The molecule has 0 bridgehead atoms. The van der Waals surface area contributed by atoms with Gasteiger partial charge in [-0.2, -0.15) is 0 Å². The standard InChI is InChI=1S/C32H63NO4/c1-3-5-7-9-10-16-24-31(23-15-8-6-4-2)37-32(36)25-17-11-12-18-26-33(28-20-22-30-35)27-19-13-14-21-29-34/h29,31,35H,3-28,30H2,1-2H3. The fourth-order valence-corrected chi connectivity index (χ4v) is 4.94. The number of carbonyl (C=O) groups excluding carboxylic acids is 2. The third-order valence-electron chi connectivity index (χ3n) is 7.34. The van der Waals surface area contributed by atoms with Crippen LogP contribution in [0.1, 0.15) is 162 Å². The quantitative estimate of drug-likeness (QED) is 0.0579. The molecule has 5 heteroatoms. The monoisotopic (exact) mass is 525 g/mol. The van der Waals surface area contributed by atoms with E-state index in [0.29, 0.717) is 12.8 Å². The summed E-state index contributed by atoms with van der Waals surface area (Å²) in [4.78, 5) is 25.5. The Bertz CT molecular complexity index is 485. The molecule has 0 saturated heterocycles. The van der Waals surface area contributed by atoms with Crippen molar-refractivity contribution in [2.24, 2.45) is 0 Å². The Balaban J connectivity index is 4.14. The number of unbranched alkanes of at least 4 members (excludes halogenated alkanes) is 15. The van der Waals surface area contributed by atoms with E-state index >= 15 is 0 Å². The average molecular weight is 526 g/mol. The topological polar surface area (TPSA) is 66.8 Å². The largest absolute Gasteiger partial charge is 0.462 e. The minimum Gasteiger partial charge on any atom is -0.462 e. The van der Waals surface area contributed by atoms with Crippen molar-refractivity contribution < 1.29 is 19.4 Å². The maximum atomic E-state index is 12.5. The van der Waals surface area contributed by atoms with Crippen LogP contribution in [0, 0.1) is 0 Å². The number of ether oxygens (including phenoxy) is 1. The van der Waals surface area contributed by atoms with E-state index in [2.05, 4.69) is 18.7 Å². The lowest BCUT2D eigenvalue weighted by atomic mass is 10.0. The Kier molecular flexibility index (Phi) is 28.9. The maximum absolute atomic E-state index is 12.5. The predicted octanol–water partition coefficient (Wildman–Crippen LogP) is 8.40. The van der Waals surface area contributed by atoms with Crippen molar-refractivity contribution in [3.05, 3.63) is 0 Å². The molecule has 0 heterocycles. The molecule has 0 aromatic carbocycles. The number of aldehydes is 1. The fraction of sp³-hybridized carbons (Fsp3) is 0.938. The number of esters is 1. The molecule has 0 aliphatic rings. The number of hydrogen-bond donors (Lipinski definition) is 1. The number of rotatable bonds is 30. The van der Waals surface area contributed by atoms with E-state index in [0.717, 1.165) is 96.5 Å². The first-order valence-electron chi connectivity index (χ1n) is 16.1. The van der Waals surface area contributed by atoms with Crippen molar-refractivity contribution in [3.8, 4) is 0 Å². The van der Waals surface area contributed by atoms with Crippen LogP contribution in [0.5, 0.6) is 0 Å². The molecular weight excluding hydrogens is 462 g/mol. The Hall–Kier alpha value is -0.940. The molecule has 1 unspecified atom stereocenters. The number of aliphatic hydroxyl groups is 1. The Labute approximate surface area is 230 Å². The summed E-state index contributed by atoms with van der Waals surface area (Å²) in [6.45, 7) is 7.96. The van der Waals surface area contributed by atoms with E-state index in [9.17, 15) is 9.59 Å². The highest BCUT2D eigenvalue weighted by Crippen LogP contribution is 2.17. The van der Waals surface area contributed by atoms with Crippen LogP contribution in [0.4, 0.5) is 0 Å². The summed E-state index contributed by atoms with van der Waals surface area (Å²) in [7, 11) is 0. The van der Waals surface area contributed by atoms with E-state index < -0.39 is 0 Å². The van der Waals surface area contributed by atoms with Crippen molar-refractivity contribution >= 4 is 12.3 Å². The van der Waals surface area contributed by atoms with Crippen LogP contribution in [-0.4, -0.2) is 54.6 Å². The third kappa shape index (κ3) is 26.5. The molecule has 0 spiro atoms. The Morgan fingerprint density at radius 3 is 1.76 bits per heavy atom. The molecule has 0 rings (SSSR count). The highest BCUT2D eigenvalue weighted by Gasteiger charge is 2.14. The van der Waals surface area contributed by atoms with Gasteiger partial charge in [-0.1, -0.05) is 84.5 Å². The SMILES string of the molecule is CCCCCCCCC(CCCCCC)OC(=O)CCCCCCN(CCCCO)CCCCCC=O. The van der Waals surface area contributed by atoms with Crippen LogP contribution < -0.4 is 0 Å². The Morgan fingerprint density at radius 2 is 1.16 bits per heavy atom. The van der Waals surface area contributed by atoms with Crippen molar-refractivity contribution in [1.29, 1.82) is 0 Å². The van der Waals surface area contributed by atoms with Crippen molar-refractivity contribution in [1.82, 2.24) is 4.90 Å². The number of aliphatic hydroxyl groups excluding tert-OH is 1. The normalized spacial score (nSPS) is 12.2. The van der Waals surface area contributed by atoms with Crippen LogP contribution in [0.2, 0.25) is 0 Å². The van der Waals surface area contributed by atoms with Crippen LogP contribution in [-0.2, 0) is 14.3 Å². The highest BCUT2D eigenvalue weighted by molar-refractivity contribution is 5.69. The minimum atomic E-state index is 0.00688. The summed E-state index contributed by atoms with van der Waals surface area (Å²) < 4.78 is 5.94. The molecule has 1 N–H and O–H groups in total. The summed E-state index contributed by atoms with van der Waals surface area (Å²) in [5.74, 6) is 0.00688. The molecule has 0 aliphatic carbocycles. The van der Waals surface area contributed by atoms with E-state index in [1.807, 2.05) is 0 Å². The molecule has 5 nitrogen and oxygen atoms in total. The summed E-state index contributed by atoms with van der Waals surface area (Å²) in [6.07, 6.45) is 26.5. The third-order valence-corrected chi connectivity index (χ3v) is 7.34. The molecular formula is C32H63NO4. The minimum absolute atomic E-state index is 0.00688. The van der Waals surface area contributed by atoms with E-state index in [1.165, 1.54) is 64.2 Å². The lowest BCUT2D eigenvalue weighted by Gasteiger charge is -2.22. The van der Waals surface area contributed by atoms with Gasteiger partial charge in [0.15, 0.2) is 0 Å². The lowest BCUT2D eigenvalue weighted by Crippen LogP contribution is -2.27. The predicted molar refractivity (Wildman–Crippen MR) is 157 cm³/mol. The molecule has 0 aromatic heterocycles. The molecule has 0 fully saturated rings. The van der Waals surface area contributed by atoms with Gasteiger partial charge in [-0.15, -0.1) is 0 Å². The van der Waals surface area contributed by atoms with Gasteiger partial charge in [0.1, 0.15) is 12.4 Å². The number of nitrogens with zero attached hydrogens (tertiary/aromatic N) is 1. The number of hydrogen-bond acceptors (Lipinski definition) is 5. The average Bonchev–Trinajstić information content (AvgIpc) is 2.89. The second kappa shape index (κ2) is 29.6. The first-order chi connectivity index (χ1) is 18.2. The van der Waals surface area contributed by atoms with Crippen LogP contribution in [0.3, 0.4) is 0 Å². The zero-order valence-electron chi connectivity index (χ0n) is 24.9. The first-order valence-corrected chi connectivity index (χ1v) is 16.1. The molecule has 0 radical (unpaired) electrons. The van der Waals surface area contributed by atoms with Crippen molar-refractivity contribution in [2.45, 2.75) is 168 Å². The van der Waals surface area contributed by atoms with Gasteiger partial charge < -0.3 is 19.5 Å². The van der Waals surface area contributed by atoms with E-state index in [4.69, 9.17) is 9.84 Å². The summed E-state index contributed by atoms with van der Waals surface area (Å²) in [5.41, 5.74) is 0.